The number of fused-ring (bicyclic) bond motifs is 2. The third kappa shape index (κ3) is 7.33. The van der Waals surface area contributed by atoms with Gasteiger partial charge in [-0.15, -0.1) is 0 Å². The summed E-state index contributed by atoms with van der Waals surface area (Å²) < 4.78 is 6.12. The Balaban J connectivity index is 1.68. The predicted molar refractivity (Wildman–Crippen MR) is 165 cm³/mol. The monoisotopic (exact) mass is 576 g/mol. The topological polar surface area (TPSA) is 99.8 Å². The second-order valence-corrected chi connectivity index (χ2v) is 13.8. The summed E-state index contributed by atoms with van der Waals surface area (Å²) in [6.45, 7) is 13.8. The number of rotatable bonds is 7. The van der Waals surface area contributed by atoms with Gasteiger partial charge in [0, 0.05) is 13.0 Å². The molecule has 0 radical (unpaired) electrons. The van der Waals surface area contributed by atoms with Crippen molar-refractivity contribution in [1.29, 1.82) is 0 Å². The molecule has 3 amide bonds. The maximum absolute atomic E-state index is 14.4. The first-order valence-electron chi connectivity index (χ1n) is 15.1. The summed E-state index contributed by atoms with van der Waals surface area (Å²) in [7, 11) is 1.71. The van der Waals surface area contributed by atoms with E-state index in [0.29, 0.717) is 6.42 Å². The molecule has 8 heteroatoms. The first-order valence-corrected chi connectivity index (χ1v) is 15.1. The standard InChI is InChI=1S/C34H48N4O4/c1-21(35-8)30(39)37-29(33(2,3)4)32(41)38-20-24-18-25(42-34(5,6)7)17-16-23(24)19-28(38)31(40)36-27-15-11-13-22-12-9-10-14-26(22)27/h9-10,12,14,16-18,21,27-29,35H,11,13,15,19-20H2,1-8H3,(H,36,40)(H,37,39)/t21-,27+,28-,29?/m0/s1. The van der Waals surface area contributed by atoms with Gasteiger partial charge in [-0.05, 0) is 93.8 Å². The minimum atomic E-state index is -0.818. The second-order valence-electron chi connectivity index (χ2n) is 13.8. The summed E-state index contributed by atoms with van der Waals surface area (Å²) in [6, 6.07) is 12.1. The molecule has 1 aliphatic carbocycles. The quantitative estimate of drug-likeness (QED) is 0.452. The van der Waals surface area contributed by atoms with Gasteiger partial charge in [0.2, 0.25) is 17.7 Å². The fourth-order valence-electron chi connectivity index (χ4n) is 5.83. The van der Waals surface area contributed by atoms with Crippen molar-refractivity contribution in [2.75, 3.05) is 7.05 Å². The summed E-state index contributed by atoms with van der Waals surface area (Å²) in [5, 5.41) is 9.21. The zero-order chi connectivity index (χ0) is 30.8. The molecule has 0 fully saturated rings. The number of nitrogens with one attached hydrogen (secondary N) is 3. The van der Waals surface area contributed by atoms with Gasteiger partial charge in [-0.1, -0.05) is 51.1 Å². The molecule has 1 heterocycles. The first kappa shape index (κ1) is 31.5. The molecule has 0 bridgehead atoms. The average Bonchev–Trinajstić information content (AvgIpc) is 2.92. The van der Waals surface area contributed by atoms with Crippen LogP contribution in [0.4, 0.5) is 0 Å². The molecule has 4 atom stereocenters. The van der Waals surface area contributed by atoms with Crippen molar-refractivity contribution in [3.63, 3.8) is 0 Å². The number of ether oxygens (including phenoxy) is 1. The lowest BCUT2D eigenvalue weighted by molar-refractivity contribution is -0.147. The summed E-state index contributed by atoms with van der Waals surface area (Å²) in [6.07, 6.45) is 3.24. The van der Waals surface area contributed by atoms with E-state index < -0.39 is 23.5 Å². The van der Waals surface area contributed by atoms with Crippen molar-refractivity contribution >= 4 is 17.7 Å². The van der Waals surface area contributed by atoms with Crippen LogP contribution in [-0.2, 0) is 33.8 Å². The van der Waals surface area contributed by atoms with Crippen LogP contribution in [0.25, 0.3) is 0 Å². The molecule has 8 nitrogen and oxygen atoms in total. The molecule has 1 aliphatic heterocycles. The molecule has 2 aliphatic rings. The van der Waals surface area contributed by atoms with Crippen molar-refractivity contribution in [3.05, 3.63) is 64.7 Å². The average molecular weight is 577 g/mol. The van der Waals surface area contributed by atoms with Crippen LogP contribution in [0, 0.1) is 5.41 Å². The van der Waals surface area contributed by atoms with E-state index in [1.165, 1.54) is 5.56 Å². The zero-order valence-corrected chi connectivity index (χ0v) is 26.5. The van der Waals surface area contributed by atoms with E-state index in [2.05, 4.69) is 28.1 Å². The minimum absolute atomic E-state index is 0.0991. The fourth-order valence-corrected chi connectivity index (χ4v) is 5.83. The molecule has 42 heavy (non-hydrogen) atoms. The van der Waals surface area contributed by atoms with Gasteiger partial charge < -0.3 is 25.6 Å². The number of carbonyl (C=O) groups excluding carboxylic acids is 3. The summed E-state index contributed by atoms with van der Waals surface area (Å²) in [4.78, 5) is 43.1. The number of amides is 3. The van der Waals surface area contributed by atoms with Gasteiger partial charge in [-0.25, -0.2) is 0 Å². The lowest BCUT2D eigenvalue weighted by Gasteiger charge is -2.42. The molecule has 0 spiro atoms. The van der Waals surface area contributed by atoms with Gasteiger partial charge in [0.15, 0.2) is 0 Å². The Bertz CT molecular complexity index is 1310. The number of aryl methyl sites for hydroxylation is 1. The van der Waals surface area contributed by atoms with Crippen molar-refractivity contribution in [2.24, 2.45) is 5.41 Å². The van der Waals surface area contributed by atoms with Crippen molar-refractivity contribution < 1.29 is 19.1 Å². The molecular formula is C34H48N4O4. The highest BCUT2D eigenvalue weighted by Crippen LogP contribution is 2.33. The van der Waals surface area contributed by atoms with E-state index in [1.54, 1.807) is 18.9 Å². The Morgan fingerprint density at radius 3 is 2.36 bits per heavy atom. The highest BCUT2D eigenvalue weighted by atomic mass is 16.5. The summed E-state index contributed by atoms with van der Waals surface area (Å²) in [5.41, 5.74) is 3.42. The minimum Gasteiger partial charge on any atom is -0.488 e. The van der Waals surface area contributed by atoms with Crippen LogP contribution in [0.3, 0.4) is 0 Å². The molecule has 3 N–H and O–H groups in total. The lowest BCUT2D eigenvalue weighted by atomic mass is 9.83. The smallest absolute Gasteiger partial charge is 0.246 e. The maximum Gasteiger partial charge on any atom is 0.246 e. The summed E-state index contributed by atoms with van der Waals surface area (Å²) in [5.74, 6) is 0.0205. The Labute approximate surface area is 251 Å². The van der Waals surface area contributed by atoms with E-state index in [0.717, 1.165) is 41.7 Å². The first-order chi connectivity index (χ1) is 19.7. The SMILES string of the molecule is CN[C@@H](C)C(=O)NC(C(=O)N1Cc2cc(OC(C)(C)C)ccc2C[C@H]1C(=O)N[C@@H]1CCCc2ccccc21)C(C)(C)C. The molecule has 1 unspecified atom stereocenters. The highest BCUT2D eigenvalue weighted by Gasteiger charge is 2.43. The van der Waals surface area contributed by atoms with Crippen molar-refractivity contribution in [3.8, 4) is 5.75 Å². The Morgan fingerprint density at radius 1 is 0.976 bits per heavy atom. The van der Waals surface area contributed by atoms with Gasteiger partial charge >= 0.3 is 0 Å². The maximum atomic E-state index is 14.4. The number of hydrogen-bond acceptors (Lipinski definition) is 5. The van der Waals surface area contributed by atoms with E-state index in [9.17, 15) is 14.4 Å². The normalized spacial score (nSPS) is 20.0. The Hall–Kier alpha value is -3.39. The fraction of sp³-hybridized carbons (Fsp3) is 0.559. The highest BCUT2D eigenvalue weighted by molar-refractivity contribution is 5.94. The predicted octanol–water partition coefficient (Wildman–Crippen LogP) is 4.45. The second kappa shape index (κ2) is 12.5. The number of carbonyl (C=O) groups is 3. The lowest BCUT2D eigenvalue weighted by Crippen LogP contribution is -2.62. The van der Waals surface area contributed by atoms with Crippen LogP contribution in [0.1, 0.15) is 89.6 Å². The molecular weight excluding hydrogens is 528 g/mol. The molecule has 4 rings (SSSR count). The third-order valence-corrected chi connectivity index (χ3v) is 8.23. The van der Waals surface area contributed by atoms with Gasteiger partial charge in [-0.3, -0.25) is 14.4 Å². The number of benzene rings is 2. The van der Waals surface area contributed by atoms with E-state index >= 15 is 0 Å². The van der Waals surface area contributed by atoms with Crippen molar-refractivity contribution in [1.82, 2.24) is 20.9 Å². The Morgan fingerprint density at radius 2 is 1.69 bits per heavy atom. The van der Waals surface area contributed by atoms with Gasteiger partial charge in [0.05, 0.1) is 12.1 Å². The largest absolute Gasteiger partial charge is 0.488 e. The molecule has 2 aromatic carbocycles. The molecule has 2 aromatic rings. The molecule has 228 valence electrons. The molecule has 0 saturated heterocycles. The number of likely N-dealkylation sites (N-methyl/N-ethyl adjacent to an activating group) is 1. The van der Waals surface area contributed by atoms with Crippen LogP contribution in [0.2, 0.25) is 0 Å². The molecule has 0 aromatic heterocycles. The van der Waals surface area contributed by atoms with Gasteiger partial charge in [0.1, 0.15) is 23.4 Å². The van der Waals surface area contributed by atoms with E-state index in [-0.39, 0.29) is 35.9 Å². The van der Waals surface area contributed by atoms with Gasteiger partial charge in [-0.2, -0.15) is 0 Å². The van der Waals surface area contributed by atoms with Crippen LogP contribution >= 0.6 is 0 Å². The van der Waals surface area contributed by atoms with Crippen LogP contribution in [-0.4, -0.2) is 53.4 Å². The van der Waals surface area contributed by atoms with Gasteiger partial charge in [0.25, 0.3) is 0 Å². The van der Waals surface area contributed by atoms with E-state index in [1.807, 2.05) is 71.9 Å². The number of hydrogen-bond donors (Lipinski definition) is 3. The van der Waals surface area contributed by atoms with Crippen LogP contribution in [0.15, 0.2) is 42.5 Å². The Kier molecular flexibility index (Phi) is 9.36. The molecule has 0 saturated carbocycles. The van der Waals surface area contributed by atoms with E-state index in [4.69, 9.17) is 4.74 Å². The third-order valence-electron chi connectivity index (χ3n) is 8.23. The number of nitrogens with zero attached hydrogens (tertiary/aromatic N) is 1. The summed E-state index contributed by atoms with van der Waals surface area (Å²) >= 11 is 0. The van der Waals surface area contributed by atoms with Crippen LogP contribution < -0.4 is 20.7 Å². The van der Waals surface area contributed by atoms with Crippen molar-refractivity contribution in [2.45, 2.75) is 110 Å². The zero-order valence-electron chi connectivity index (χ0n) is 26.5. The van der Waals surface area contributed by atoms with Crippen LogP contribution in [0.5, 0.6) is 5.75 Å².